The van der Waals surface area contributed by atoms with E-state index in [0.29, 0.717) is 10.9 Å². The summed E-state index contributed by atoms with van der Waals surface area (Å²) in [6, 6.07) is 15.3. The highest BCUT2D eigenvalue weighted by Crippen LogP contribution is 2.18. The average Bonchev–Trinajstić information content (AvgIpc) is 2.80. The van der Waals surface area contributed by atoms with Gasteiger partial charge in [-0.3, -0.25) is 9.52 Å². The summed E-state index contributed by atoms with van der Waals surface area (Å²) in [7, 11) is -4.02. The Kier molecular flexibility index (Phi) is 5.93. The minimum Gasteiger partial charge on any atom is -0.454 e. The number of halogens is 1. The number of aromatic nitrogens is 2. The van der Waals surface area contributed by atoms with Crippen molar-refractivity contribution in [2.45, 2.75) is 18.4 Å². The topological polar surface area (TPSA) is 118 Å². The fourth-order valence-electron chi connectivity index (χ4n) is 3.16. The van der Waals surface area contributed by atoms with Gasteiger partial charge in [-0.1, -0.05) is 18.2 Å². The van der Waals surface area contributed by atoms with Gasteiger partial charge in [-0.15, -0.1) is 0 Å². The minimum absolute atomic E-state index is 0.00343. The summed E-state index contributed by atoms with van der Waals surface area (Å²) in [6.45, 7) is 1.51. The van der Waals surface area contributed by atoms with E-state index in [2.05, 4.69) is 14.7 Å². The van der Waals surface area contributed by atoms with Crippen molar-refractivity contribution < 1.29 is 22.3 Å². The van der Waals surface area contributed by atoms with Crippen molar-refractivity contribution in [3.63, 3.8) is 0 Å². The van der Waals surface area contributed by atoms with Gasteiger partial charge in [-0.25, -0.2) is 22.6 Å². The number of hydrogen-bond acceptors (Lipinski definition) is 6. The smallest absolute Gasteiger partial charge is 0.338 e. The van der Waals surface area contributed by atoms with Crippen molar-refractivity contribution in [2.24, 2.45) is 0 Å². The number of fused-ring (bicyclic) bond motifs is 1. The number of carbonyl (C=O) groups is 1. The molecular weight excluding hydrogens is 449 g/mol. The highest BCUT2D eigenvalue weighted by atomic mass is 32.2. The number of aryl methyl sites for hydroxylation is 1. The normalized spacial score (nSPS) is 11.3. The van der Waals surface area contributed by atoms with Crippen LogP contribution in [0.5, 0.6) is 0 Å². The zero-order valence-corrected chi connectivity index (χ0v) is 18.1. The molecule has 168 valence electrons. The Morgan fingerprint density at radius 1 is 1.09 bits per heavy atom. The Morgan fingerprint density at radius 2 is 1.82 bits per heavy atom. The maximum Gasteiger partial charge on any atom is 0.338 e. The van der Waals surface area contributed by atoms with Crippen molar-refractivity contribution in [2.75, 3.05) is 4.72 Å². The van der Waals surface area contributed by atoms with E-state index in [9.17, 15) is 22.4 Å². The number of nitrogens with one attached hydrogen (secondary N) is 2. The fraction of sp³-hybridized carbons (Fsp3) is 0.0870. The number of benzene rings is 3. The monoisotopic (exact) mass is 467 g/mol. The first-order valence-electron chi connectivity index (χ1n) is 9.77. The summed E-state index contributed by atoms with van der Waals surface area (Å²) < 4.78 is 45.8. The molecule has 0 saturated heterocycles. The molecule has 0 fully saturated rings. The number of nitrogens with zero attached hydrogens (tertiary/aromatic N) is 1. The largest absolute Gasteiger partial charge is 0.454 e. The van der Waals surface area contributed by atoms with Gasteiger partial charge in [0.1, 0.15) is 18.2 Å². The summed E-state index contributed by atoms with van der Waals surface area (Å²) >= 11 is 0. The zero-order valence-electron chi connectivity index (χ0n) is 17.3. The number of esters is 1. The number of rotatable bonds is 6. The Bertz CT molecular complexity index is 1520. The summed E-state index contributed by atoms with van der Waals surface area (Å²) in [5.41, 5.74) is 1.13. The van der Waals surface area contributed by atoms with Gasteiger partial charge in [0.05, 0.1) is 21.4 Å². The van der Waals surface area contributed by atoms with E-state index < -0.39 is 21.8 Å². The molecular formula is C23H18FN3O5S. The first-order chi connectivity index (χ1) is 15.7. The van der Waals surface area contributed by atoms with Crippen LogP contribution < -0.4 is 10.3 Å². The first-order valence-corrected chi connectivity index (χ1v) is 11.3. The van der Waals surface area contributed by atoms with Gasteiger partial charge < -0.3 is 9.72 Å². The molecule has 0 radical (unpaired) electrons. The lowest BCUT2D eigenvalue weighted by Crippen LogP contribution is -2.16. The molecule has 0 bridgehead atoms. The lowest BCUT2D eigenvalue weighted by Gasteiger charge is -2.10. The highest BCUT2D eigenvalue weighted by Gasteiger charge is 2.18. The number of sulfonamides is 1. The second-order valence-electron chi connectivity index (χ2n) is 7.20. The lowest BCUT2D eigenvalue weighted by atomic mass is 10.1. The number of ether oxygens (including phenoxy) is 1. The lowest BCUT2D eigenvalue weighted by molar-refractivity contribution is 0.0462. The molecule has 0 saturated carbocycles. The SMILES string of the molecule is Cc1cccc2c(=O)[nH]c(COC(=O)c3cccc(S(=O)(=O)Nc4ccc(F)cc4)c3)nc12. The molecule has 2 N–H and O–H groups in total. The first kappa shape index (κ1) is 22.2. The van der Waals surface area contributed by atoms with Crippen LogP contribution in [0.25, 0.3) is 10.9 Å². The minimum atomic E-state index is -4.02. The van der Waals surface area contributed by atoms with Crippen molar-refractivity contribution in [3.8, 4) is 0 Å². The van der Waals surface area contributed by atoms with Crippen molar-refractivity contribution in [3.05, 3.63) is 99.9 Å². The zero-order chi connectivity index (χ0) is 23.6. The van der Waals surface area contributed by atoms with Crippen LogP contribution in [0.4, 0.5) is 10.1 Å². The van der Waals surface area contributed by atoms with Crippen LogP contribution in [0.15, 0.2) is 76.4 Å². The number of anilines is 1. The molecule has 0 atom stereocenters. The van der Waals surface area contributed by atoms with Gasteiger partial charge in [-0.05, 0) is 61.0 Å². The molecule has 0 unspecified atom stereocenters. The molecule has 8 nitrogen and oxygen atoms in total. The molecule has 0 spiro atoms. The molecule has 10 heteroatoms. The molecule has 1 aromatic heterocycles. The maximum absolute atomic E-state index is 13.0. The Balaban J connectivity index is 1.51. The maximum atomic E-state index is 13.0. The predicted molar refractivity (Wildman–Crippen MR) is 120 cm³/mol. The number of carbonyl (C=O) groups excluding carboxylic acids is 1. The molecule has 1 heterocycles. The Hall–Kier alpha value is -4.05. The van der Waals surface area contributed by atoms with E-state index in [0.717, 1.165) is 23.8 Å². The molecule has 0 aliphatic carbocycles. The predicted octanol–water partition coefficient (Wildman–Crippen LogP) is 3.53. The number of aromatic amines is 1. The van der Waals surface area contributed by atoms with Crippen LogP contribution >= 0.6 is 0 Å². The summed E-state index contributed by atoms with van der Waals surface area (Å²) in [5, 5.41) is 0.427. The van der Waals surface area contributed by atoms with Crippen LogP contribution in [0, 0.1) is 12.7 Å². The molecule has 33 heavy (non-hydrogen) atoms. The van der Waals surface area contributed by atoms with E-state index in [4.69, 9.17) is 4.74 Å². The van der Waals surface area contributed by atoms with E-state index in [-0.39, 0.29) is 34.1 Å². The second-order valence-corrected chi connectivity index (χ2v) is 8.88. The Labute approximate surface area is 188 Å². The van der Waals surface area contributed by atoms with Gasteiger partial charge in [0, 0.05) is 5.69 Å². The van der Waals surface area contributed by atoms with Gasteiger partial charge in [0.15, 0.2) is 0 Å². The molecule has 4 rings (SSSR count). The molecule has 4 aromatic rings. The summed E-state index contributed by atoms with van der Waals surface area (Å²) in [5.74, 6) is -1.13. The van der Waals surface area contributed by atoms with Crippen LogP contribution in [-0.4, -0.2) is 24.4 Å². The van der Waals surface area contributed by atoms with Crippen LogP contribution in [0.2, 0.25) is 0 Å². The van der Waals surface area contributed by atoms with Crippen LogP contribution in [0.1, 0.15) is 21.7 Å². The number of H-pyrrole nitrogens is 1. The third-order valence-electron chi connectivity index (χ3n) is 4.80. The average molecular weight is 467 g/mol. The third-order valence-corrected chi connectivity index (χ3v) is 6.18. The standard InChI is InChI=1S/C23H18FN3O5S/c1-14-4-2-7-19-21(14)25-20(26-22(19)28)13-32-23(29)15-5-3-6-18(12-15)33(30,31)27-17-10-8-16(24)9-11-17/h2-12,27H,13H2,1H3,(H,25,26,28). The van der Waals surface area contributed by atoms with Gasteiger partial charge in [0.2, 0.25) is 0 Å². The fourth-order valence-corrected chi connectivity index (χ4v) is 4.26. The third kappa shape index (κ3) is 4.90. The molecule has 0 amide bonds. The highest BCUT2D eigenvalue weighted by molar-refractivity contribution is 7.92. The quantitative estimate of drug-likeness (QED) is 0.419. The van der Waals surface area contributed by atoms with E-state index in [1.54, 1.807) is 12.1 Å². The van der Waals surface area contributed by atoms with Crippen LogP contribution in [-0.2, 0) is 21.4 Å². The van der Waals surface area contributed by atoms with Gasteiger partial charge >= 0.3 is 5.97 Å². The summed E-state index contributed by atoms with van der Waals surface area (Å²) in [6.07, 6.45) is 0. The van der Waals surface area contributed by atoms with Crippen LogP contribution in [0.3, 0.4) is 0 Å². The molecule has 0 aliphatic heterocycles. The Morgan fingerprint density at radius 3 is 2.58 bits per heavy atom. The molecule has 3 aromatic carbocycles. The number of hydrogen-bond donors (Lipinski definition) is 2. The van der Waals surface area contributed by atoms with E-state index in [1.807, 2.05) is 13.0 Å². The van der Waals surface area contributed by atoms with Crippen molar-refractivity contribution in [1.82, 2.24) is 9.97 Å². The van der Waals surface area contributed by atoms with Gasteiger partial charge in [-0.2, -0.15) is 0 Å². The van der Waals surface area contributed by atoms with Gasteiger partial charge in [0.25, 0.3) is 15.6 Å². The van der Waals surface area contributed by atoms with Crippen molar-refractivity contribution in [1.29, 1.82) is 0 Å². The van der Waals surface area contributed by atoms with E-state index >= 15 is 0 Å². The second kappa shape index (κ2) is 8.83. The molecule has 0 aliphatic rings. The van der Waals surface area contributed by atoms with E-state index in [1.165, 1.54) is 30.3 Å². The van der Waals surface area contributed by atoms with Crippen molar-refractivity contribution >= 4 is 32.6 Å². The summed E-state index contributed by atoms with van der Waals surface area (Å²) in [4.78, 5) is 31.5. The number of para-hydroxylation sites is 1.